The third-order valence-corrected chi connectivity index (χ3v) is 3.17. The Morgan fingerprint density at radius 1 is 1.21 bits per heavy atom. The van der Waals surface area contributed by atoms with Gasteiger partial charge >= 0.3 is 0 Å². The molecule has 1 aromatic carbocycles. The fourth-order valence-corrected chi connectivity index (χ4v) is 2.20. The SMILES string of the molecule is O=C(Nc1cccc(Br)c1)c1cn2ccccc2n1. The molecule has 2 heterocycles. The number of imidazole rings is 1. The topological polar surface area (TPSA) is 46.4 Å². The predicted octanol–water partition coefficient (Wildman–Crippen LogP) is 3.35. The molecule has 2 aromatic heterocycles. The fourth-order valence-electron chi connectivity index (χ4n) is 1.81. The molecular weight excluding hydrogens is 306 g/mol. The molecule has 0 saturated heterocycles. The normalized spacial score (nSPS) is 10.6. The first-order valence-electron chi connectivity index (χ1n) is 5.73. The van der Waals surface area contributed by atoms with Gasteiger partial charge in [-0.3, -0.25) is 4.79 Å². The molecule has 0 atom stereocenters. The van der Waals surface area contributed by atoms with Gasteiger partial charge in [0.2, 0.25) is 0 Å². The number of carbonyl (C=O) groups excluding carboxylic acids is 1. The van der Waals surface area contributed by atoms with Crippen LogP contribution < -0.4 is 5.32 Å². The number of rotatable bonds is 2. The number of carbonyl (C=O) groups is 1. The molecule has 19 heavy (non-hydrogen) atoms. The summed E-state index contributed by atoms with van der Waals surface area (Å²) in [6.45, 7) is 0. The minimum Gasteiger partial charge on any atom is -0.321 e. The molecule has 3 rings (SSSR count). The second-order valence-corrected chi connectivity index (χ2v) is 4.97. The maximum absolute atomic E-state index is 12.1. The lowest BCUT2D eigenvalue weighted by atomic mass is 10.3. The molecule has 3 aromatic rings. The van der Waals surface area contributed by atoms with Gasteiger partial charge < -0.3 is 9.72 Å². The van der Waals surface area contributed by atoms with Crippen molar-refractivity contribution in [2.24, 2.45) is 0 Å². The number of halogens is 1. The second-order valence-electron chi connectivity index (χ2n) is 4.06. The van der Waals surface area contributed by atoms with Gasteiger partial charge in [-0.1, -0.05) is 28.1 Å². The monoisotopic (exact) mass is 315 g/mol. The van der Waals surface area contributed by atoms with E-state index in [1.807, 2.05) is 53.1 Å². The number of aromatic nitrogens is 2. The molecule has 0 aliphatic carbocycles. The minimum atomic E-state index is -0.221. The van der Waals surface area contributed by atoms with Crippen LogP contribution >= 0.6 is 15.9 Å². The van der Waals surface area contributed by atoms with Crippen molar-refractivity contribution in [3.8, 4) is 0 Å². The number of hydrogen-bond donors (Lipinski definition) is 1. The molecule has 0 spiro atoms. The zero-order valence-electron chi connectivity index (χ0n) is 9.88. The van der Waals surface area contributed by atoms with Crippen molar-refractivity contribution in [2.75, 3.05) is 5.32 Å². The first-order valence-corrected chi connectivity index (χ1v) is 6.52. The summed E-state index contributed by atoms with van der Waals surface area (Å²) in [5, 5.41) is 2.82. The first-order chi connectivity index (χ1) is 9.22. The third-order valence-electron chi connectivity index (χ3n) is 2.68. The summed E-state index contributed by atoms with van der Waals surface area (Å²) in [6, 6.07) is 13.1. The third kappa shape index (κ3) is 2.51. The zero-order chi connectivity index (χ0) is 13.2. The Morgan fingerprint density at radius 2 is 2.11 bits per heavy atom. The molecule has 1 N–H and O–H groups in total. The summed E-state index contributed by atoms with van der Waals surface area (Å²) < 4.78 is 2.73. The number of nitrogens with zero attached hydrogens (tertiary/aromatic N) is 2. The standard InChI is InChI=1S/C14H10BrN3O/c15-10-4-3-5-11(8-10)16-14(19)12-9-18-7-2-1-6-13(18)17-12/h1-9H,(H,16,19). The van der Waals surface area contributed by atoms with Gasteiger partial charge in [-0.2, -0.15) is 0 Å². The van der Waals surface area contributed by atoms with E-state index in [0.29, 0.717) is 5.69 Å². The predicted molar refractivity (Wildman–Crippen MR) is 77.3 cm³/mol. The fraction of sp³-hybridized carbons (Fsp3) is 0. The van der Waals surface area contributed by atoms with E-state index in [1.54, 1.807) is 6.20 Å². The highest BCUT2D eigenvalue weighted by atomic mass is 79.9. The Kier molecular flexibility index (Phi) is 3.05. The Bertz CT molecular complexity index is 718. The van der Waals surface area contributed by atoms with Gasteiger partial charge in [0.1, 0.15) is 11.3 Å². The van der Waals surface area contributed by atoms with Crippen molar-refractivity contribution in [3.05, 3.63) is 65.0 Å². The van der Waals surface area contributed by atoms with Crippen LogP contribution in [0.15, 0.2) is 59.3 Å². The van der Waals surface area contributed by atoms with E-state index in [4.69, 9.17) is 0 Å². The van der Waals surface area contributed by atoms with E-state index in [0.717, 1.165) is 15.8 Å². The molecule has 4 nitrogen and oxygen atoms in total. The van der Waals surface area contributed by atoms with Crippen molar-refractivity contribution < 1.29 is 4.79 Å². The van der Waals surface area contributed by atoms with Gasteiger partial charge in [0.05, 0.1) is 0 Å². The van der Waals surface area contributed by atoms with Crippen molar-refractivity contribution in [2.45, 2.75) is 0 Å². The number of hydrogen-bond acceptors (Lipinski definition) is 2. The highest BCUT2D eigenvalue weighted by Crippen LogP contribution is 2.16. The van der Waals surface area contributed by atoms with Crippen LogP contribution in [0.2, 0.25) is 0 Å². The Labute approximate surface area is 118 Å². The number of nitrogens with one attached hydrogen (secondary N) is 1. The summed E-state index contributed by atoms with van der Waals surface area (Å²) >= 11 is 3.37. The van der Waals surface area contributed by atoms with E-state index < -0.39 is 0 Å². The van der Waals surface area contributed by atoms with Crippen LogP contribution in [0.1, 0.15) is 10.5 Å². The van der Waals surface area contributed by atoms with Crippen LogP contribution in [-0.4, -0.2) is 15.3 Å². The largest absolute Gasteiger partial charge is 0.321 e. The number of benzene rings is 1. The molecule has 0 radical (unpaired) electrons. The quantitative estimate of drug-likeness (QED) is 0.788. The molecule has 0 fully saturated rings. The Balaban J connectivity index is 1.87. The van der Waals surface area contributed by atoms with E-state index in [2.05, 4.69) is 26.2 Å². The van der Waals surface area contributed by atoms with Gasteiger partial charge in [0.25, 0.3) is 5.91 Å². The number of anilines is 1. The Morgan fingerprint density at radius 3 is 2.89 bits per heavy atom. The van der Waals surface area contributed by atoms with Crippen LogP contribution in [0.5, 0.6) is 0 Å². The van der Waals surface area contributed by atoms with Gasteiger partial charge in [0, 0.05) is 22.6 Å². The highest BCUT2D eigenvalue weighted by molar-refractivity contribution is 9.10. The van der Waals surface area contributed by atoms with Crippen molar-refractivity contribution in [3.63, 3.8) is 0 Å². The maximum atomic E-state index is 12.1. The molecule has 94 valence electrons. The average Bonchev–Trinajstić information content (AvgIpc) is 2.82. The average molecular weight is 316 g/mol. The number of pyridine rings is 1. The molecule has 0 saturated carbocycles. The van der Waals surface area contributed by atoms with E-state index in [-0.39, 0.29) is 5.91 Å². The van der Waals surface area contributed by atoms with Gasteiger partial charge in [0.15, 0.2) is 0 Å². The van der Waals surface area contributed by atoms with Crippen LogP contribution in [-0.2, 0) is 0 Å². The summed E-state index contributed by atoms with van der Waals surface area (Å²) in [6.07, 6.45) is 3.57. The highest BCUT2D eigenvalue weighted by Gasteiger charge is 2.10. The number of fused-ring (bicyclic) bond motifs is 1. The molecule has 0 unspecified atom stereocenters. The molecule has 0 aliphatic heterocycles. The molecule has 0 bridgehead atoms. The summed E-state index contributed by atoms with van der Waals surface area (Å²) in [5.74, 6) is -0.221. The lowest BCUT2D eigenvalue weighted by molar-refractivity contribution is 0.102. The van der Waals surface area contributed by atoms with Crippen molar-refractivity contribution in [1.29, 1.82) is 0 Å². The lowest BCUT2D eigenvalue weighted by Crippen LogP contribution is -2.12. The molecular formula is C14H10BrN3O. The van der Waals surface area contributed by atoms with Crippen LogP contribution in [0, 0.1) is 0 Å². The smallest absolute Gasteiger partial charge is 0.275 e. The van der Waals surface area contributed by atoms with Gasteiger partial charge in [-0.15, -0.1) is 0 Å². The Hall–Kier alpha value is -2.14. The summed E-state index contributed by atoms with van der Waals surface area (Å²) in [7, 11) is 0. The van der Waals surface area contributed by atoms with Crippen LogP contribution in [0.4, 0.5) is 5.69 Å². The first kappa shape index (κ1) is 11.9. The van der Waals surface area contributed by atoms with Gasteiger partial charge in [-0.05, 0) is 30.3 Å². The number of amides is 1. The van der Waals surface area contributed by atoms with Crippen molar-refractivity contribution >= 4 is 33.2 Å². The molecule has 5 heteroatoms. The summed E-state index contributed by atoms with van der Waals surface area (Å²) in [5.41, 5.74) is 1.88. The van der Waals surface area contributed by atoms with Gasteiger partial charge in [-0.25, -0.2) is 4.98 Å². The van der Waals surface area contributed by atoms with E-state index >= 15 is 0 Å². The lowest BCUT2D eigenvalue weighted by Gasteiger charge is -2.02. The maximum Gasteiger partial charge on any atom is 0.275 e. The molecule has 0 aliphatic rings. The van der Waals surface area contributed by atoms with Crippen LogP contribution in [0.25, 0.3) is 5.65 Å². The second kappa shape index (κ2) is 4.85. The minimum absolute atomic E-state index is 0.221. The van der Waals surface area contributed by atoms with Crippen LogP contribution in [0.3, 0.4) is 0 Å². The van der Waals surface area contributed by atoms with Crippen molar-refractivity contribution in [1.82, 2.24) is 9.38 Å². The van der Waals surface area contributed by atoms with E-state index in [9.17, 15) is 4.79 Å². The van der Waals surface area contributed by atoms with E-state index in [1.165, 1.54) is 0 Å². The summed E-state index contributed by atoms with van der Waals surface area (Å²) in [4.78, 5) is 16.4. The molecule has 1 amide bonds. The zero-order valence-corrected chi connectivity index (χ0v) is 11.5.